The predicted molar refractivity (Wildman–Crippen MR) is 96.4 cm³/mol. The Bertz CT molecular complexity index is 720. The summed E-state index contributed by atoms with van der Waals surface area (Å²) in [6.45, 7) is 9.97. The van der Waals surface area contributed by atoms with Crippen LogP contribution in [0.4, 0.5) is 0 Å². The monoisotopic (exact) mass is 378 g/mol. The molecule has 0 bridgehead atoms. The number of carbonyl (C=O) groups excluding carboxylic acids is 3. The average molecular weight is 378 g/mol. The van der Waals surface area contributed by atoms with Gasteiger partial charge in [-0.25, -0.2) is 9.59 Å². The van der Waals surface area contributed by atoms with Crippen LogP contribution in [-0.4, -0.2) is 51.8 Å². The molecule has 1 heterocycles. The number of fused-ring (bicyclic) bond motifs is 1. The Labute approximate surface area is 158 Å². The second kappa shape index (κ2) is 7.78. The van der Waals surface area contributed by atoms with Crippen LogP contribution in [0.15, 0.2) is 36.0 Å². The maximum absolute atomic E-state index is 12.8. The SMILES string of the molecule is C=C1C(=O)O[C@@H]2[C@@H]1C[C@@H](O)[C@H](C)[C@@](O)(C(=O)/C=C/C)[C@H]2OC(=O)C(C)=CC. The minimum Gasteiger partial charge on any atom is -0.454 e. The van der Waals surface area contributed by atoms with E-state index in [2.05, 4.69) is 6.58 Å². The second-order valence-corrected chi connectivity index (χ2v) is 7.08. The average Bonchev–Trinajstić information content (AvgIpc) is 2.87. The van der Waals surface area contributed by atoms with E-state index < -0.39 is 53.5 Å². The molecule has 1 aliphatic carbocycles. The summed E-state index contributed by atoms with van der Waals surface area (Å²) in [5.74, 6) is -3.82. The maximum atomic E-state index is 12.8. The normalized spacial score (nSPS) is 37.0. The van der Waals surface area contributed by atoms with E-state index in [1.807, 2.05) is 0 Å². The van der Waals surface area contributed by atoms with E-state index in [0.717, 1.165) is 6.08 Å². The van der Waals surface area contributed by atoms with Gasteiger partial charge in [-0.15, -0.1) is 0 Å². The first kappa shape index (κ1) is 21.1. The van der Waals surface area contributed by atoms with Crippen LogP contribution in [-0.2, 0) is 23.9 Å². The van der Waals surface area contributed by atoms with Gasteiger partial charge >= 0.3 is 11.9 Å². The Hall–Kier alpha value is -2.25. The van der Waals surface area contributed by atoms with E-state index in [1.54, 1.807) is 13.8 Å². The van der Waals surface area contributed by atoms with Gasteiger partial charge in [0.15, 0.2) is 17.5 Å². The van der Waals surface area contributed by atoms with Crippen LogP contribution in [0.1, 0.15) is 34.1 Å². The molecular weight excluding hydrogens is 352 g/mol. The number of ketones is 1. The number of aliphatic hydroxyl groups excluding tert-OH is 1. The molecule has 0 aromatic rings. The smallest absolute Gasteiger partial charge is 0.334 e. The number of aliphatic hydroxyl groups is 2. The molecule has 27 heavy (non-hydrogen) atoms. The lowest BCUT2D eigenvalue weighted by Gasteiger charge is -2.39. The van der Waals surface area contributed by atoms with Crippen LogP contribution in [0, 0.1) is 11.8 Å². The van der Waals surface area contributed by atoms with Crippen molar-refractivity contribution in [2.45, 2.75) is 58.0 Å². The number of carbonyl (C=O) groups is 3. The standard InChI is InChI=1S/C20H26O7/c1-6-8-15(22)20(25)12(5)14(21)9-13-11(4)19(24)26-16(13)17(20)27-18(23)10(3)7-2/h6-8,12-14,16-17,21,25H,4,9H2,1-3,5H3/b8-6+,10-7?/t12-,13+,14+,16+,17-,20+/m0/s1. The van der Waals surface area contributed by atoms with Crippen molar-refractivity contribution in [3.05, 3.63) is 36.0 Å². The summed E-state index contributed by atoms with van der Waals surface area (Å²) < 4.78 is 10.8. The first-order valence-corrected chi connectivity index (χ1v) is 8.90. The molecule has 0 amide bonds. The lowest BCUT2D eigenvalue weighted by atomic mass is 9.77. The highest BCUT2D eigenvalue weighted by Crippen LogP contribution is 2.45. The van der Waals surface area contributed by atoms with Gasteiger partial charge in [0, 0.05) is 23.0 Å². The largest absolute Gasteiger partial charge is 0.454 e. The van der Waals surface area contributed by atoms with Gasteiger partial charge in [-0.2, -0.15) is 0 Å². The molecule has 0 aromatic heterocycles. The number of hydrogen-bond acceptors (Lipinski definition) is 7. The van der Waals surface area contributed by atoms with Gasteiger partial charge in [0.1, 0.15) is 6.10 Å². The fourth-order valence-electron chi connectivity index (χ4n) is 3.58. The number of esters is 2. The van der Waals surface area contributed by atoms with Crippen molar-refractivity contribution in [1.29, 1.82) is 0 Å². The Morgan fingerprint density at radius 1 is 1.37 bits per heavy atom. The van der Waals surface area contributed by atoms with E-state index in [4.69, 9.17) is 9.47 Å². The molecule has 2 rings (SSSR count). The molecule has 2 N–H and O–H groups in total. The van der Waals surface area contributed by atoms with E-state index in [1.165, 1.54) is 26.0 Å². The summed E-state index contributed by atoms with van der Waals surface area (Å²) in [7, 11) is 0. The van der Waals surface area contributed by atoms with Crippen LogP contribution in [0.5, 0.6) is 0 Å². The first-order chi connectivity index (χ1) is 12.6. The summed E-state index contributed by atoms with van der Waals surface area (Å²) in [6.07, 6.45) is 0.450. The fraction of sp³-hybridized carbons (Fsp3) is 0.550. The maximum Gasteiger partial charge on any atom is 0.334 e. The van der Waals surface area contributed by atoms with E-state index in [0.29, 0.717) is 0 Å². The van der Waals surface area contributed by atoms with Gasteiger partial charge in [0.05, 0.1) is 6.10 Å². The zero-order valence-corrected chi connectivity index (χ0v) is 16.0. The Kier molecular flexibility index (Phi) is 6.07. The fourth-order valence-corrected chi connectivity index (χ4v) is 3.58. The number of allylic oxidation sites excluding steroid dienone is 2. The van der Waals surface area contributed by atoms with Crippen molar-refractivity contribution < 1.29 is 34.1 Å². The number of hydrogen-bond donors (Lipinski definition) is 2. The zero-order valence-electron chi connectivity index (χ0n) is 16.0. The van der Waals surface area contributed by atoms with Gasteiger partial charge < -0.3 is 19.7 Å². The van der Waals surface area contributed by atoms with Crippen LogP contribution in [0.2, 0.25) is 0 Å². The summed E-state index contributed by atoms with van der Waals surface area (Å²) in [4.78, 5) is 37.2. The third kappa shape index (κ3) is 3.49. The lowest BCUT2D eigenvalue weighted by Crippen LogP contribution is -2.61. The van der Waals surface area contributed by atoms with Gasteiger partial charge in [-0.1, -0.05) is 25.7 Å². The predicted octanol–water partition coefficient (Wildman–Crippen LogP) is 1.24. The van der Waals surface area contributed by atoms with Crippen molar-refractivity contribution in [1.82, 2.24) is 0 Å². The second-order valence-electron chi connectivity index (χ2n) is 7.08. The van der Waals surface area contributed by atoms with Gasteiger partial charge in [-0.3, -0.25) is 4.79 Å². The summed E-state index contributed by atoms with van der Waals surface area (Å²) in [5.41, 5.74) is -1.87. The molecule has 1 aliphatic heterocycles. The highest BCUT2D eigenvalue weighted by molar-refractivity contribution is 5.99. The van der Waals surface area contributed by atoms with E-state index in [-0.39, 0.29) is 17.6 Å². The topological polar surface area (TPSA) is 110 Å². The molecule has 1 saturated carbocycles. The van der Waals surface area contributed by atoms with Crippen LogP contribution in [0.3, 0.4) is 0 Å². The van der Waals surface area contributed by atoms with Crippen molar-refractivity contribution in [2.75, 3.05) is 0 Å². The highest BCUT2D eigenvalue weighted by Gasteiger charge is 2.62. The first-order valence-electron chi connectivity index (χ1n) is 8.90. The quantitative estimate of drug-likeness (QED) is 0.559. The van der Waals surface area contributed by atoms with Crippen molar-refractivity contribution >= 4 is 17.7 Å². The van der Waals surface area contributed by atoms with Crippen molar-refractivity contribution in [3.8, 4) is 0 Å². The molecule has 2 aliphatic rings. The molecule has 7 nitrogen and oxygen atoms in total. The molecule has 0 unspecified atom stereocenters. The molecule has 2 fully saturated rings. The van der Waals surface area contributed by atoms with Crippen LogP contribution < -0.4 is 0 Å². The Balaban J connectivity index is 2.61. The lowest BCUT2D eigenvalue weighted by molar-refractivity contribution is -0.195. The van der Waals surface area contributed by atoms with Crippen molar-refractivity contribution in [2.24, 2.45) is 11.8 Å². The van der Waals surface area contributed by atoms with Crippen LogP contribution in [0.25, 0.3) is 0 Å². The summed E-state index contributed by atoms with van der Waals surface area (Å²) in [6, 6.07) is 0. The third-order valence-electron chi connectivity index (χ3n) is 5.55. The Morgan fingerprint density at radius 2 is 2.00 bits per heavy atom. The van der Waals surface area contributed by atoms with E-state index >= 15 is 0 Å². The van der Waals surface area contributed by atoms with Crippen molar-refractivity contribution in [3.63, 3.8) is 0 Å². The molecule has 0 radical (unpaired) electrons. The summed E-state index contributed by atoms with van der Waals surface area (Å²) >= 11 is 0. The molecule has 6 atom stereocenters. The van der Waals surface area contributed by atoms with Crippen LogP contribution >= 0.6 is 0 Å². The molecular formula is C20H26O7. The molecule has 148 valence electrons. The molecule has 0 spiro atoms. The molecule has 1 saturated heterocycles. The summed E-state index contributed by atoms with van der Waals surface area (Å²) in [5, 5.41) is 22.0. The molecule has 7 heteroatoms. The minimum absolute atomic E-state index is 0.0541. The number of ether oxygens (including phenoxy) is 2. The van der Waals surface area contributed by atoms with Gasteiger partial charge in [-0.05, 0) is 33.3 Å². The third-order valence-corrected chi connectivity index (χ3v) is 5.55. The Morgan fingerprint density at radius 3 is 2.56 bits per heavy atom. The van der Waals surface area contributed by atoms with E-state index in [9.17, 15) is 24.6 Å². The van der Waals surface area contributed by atoms with Gasteiger partial charge in [0.25, 0.3) is 0 Å². The highest BCUT2D eigenvalue weighted by atomic mass is 16.6. The number of rotatable bonds is 4. The molecule has 0 aromatic carbocycles. The minimum atomic E-state index is -2.26. The van der Waals surface area contributed by atoms with Gasteiger partial charge in [0.2, 0.25) is 0 Å². The zero-order chi connectivity index (χ0) is 20.5.